The Morgan fingerprint density at radius 2 is 1.15 bits per heavy atom. The Morgan fingerprint density at radius 3 is 1.65 bits per heavy atom. The molecule has 0 amide bonds. The second kappa shape index (κ2) is 37.1. The van der Waals surface area contributed by atoms with Gasteiger partial charge in [0.2, 0.25) is 0 Å². The highest BCUT2D eigenvalue weighted by molar-refractivity contribution is 7.61. The summed E-state index contributed by atoms with van der Waals surface area (Å²) in [4.78, 5) is 61.9. The number of aromatic nitrogens is 2. The third kappa shape index (κ3) is 29.4. The largest absolute Gasteiger partial charge is 0.481 e. The summed E-state index contributed by atoms with van der Waals surface area (Å²) >= 11 is 0. The number of phosphoric acid groups is 2. The standard InChI is InChI=1S/C48H85N3O15P2/c1-3-5-7-9-11-13-15-17-19-21-23-25-27-29-31-33-43(52)61-37-40(64-44(53)34-32-30-28-26-24-22-20-18-16-14-12-10-8-6-4-2)38-62-67(57,58)66-68(59,60)63-39-41-45(54)46(55)47(65-41)51-36-35-42(49)50-48(51)56/h13-16,35-36,40-41,45-47,54-55H,3-12,17-34,37-39H2,1-2H3,(H,57,58)(H,59,60)(H2,49,50,56). The quantitative estimate of drug-likeness (QED) is 0.0176. The molecule has 0 spiro atoms. The summed E-state index contributed by atoms with van der Waals surface area (Å²) in [7, 11) is -10.8. The maximum absolute atomic E-state index is 12.8. The van der Waals surface area contributed by atoms with Crippen molar-refractivity contribution in [3.63, 3.8) is 0 Å². The van der Waals surface area contributed by atoms with Crippen LogP contribution in [0.2, 0.25) is 0 Å². The average Bonchev–Trinajstić information content (AvgIpc) is 3.57. The Morgan fingerprint density at radius 1 is 0.691 bits per heavy atom. The van der Waals surface area contributed by atoms with Gasteiger partial charge in [0.05, 0.1) is 13.2 Å². The third-order valence-electron chi connectivity index (χ3n) is 11.5. The smallest absolute Gasteiger partial charge is 0.462 e. The molecule has 2 heterocycles. The van der Waals surface area contributed by atoms with Crippen LogP contribution in [0.5, 0.6) is 0 Å². The van der Waals surface area contributed by atoms with Crippen molar-refractivity contribution in [3.8, 4) is 0 Å². The fourth-order valence-electron chi connectivity index (χ4n) is 7.54. The number of hydrogen-bond donors (Lipinski definition) is 5. The molecule has 0 aliphatic carbocycles. The minimum absolute atomic E-state index is 0.0460. The molecule has 1 saturated heterocycles. The Balaban J connectivity index is 1.80. The normalized spacial score (nSPS) is 19.6. The van der Waals surface area contributed by atoms with E-state index in [-0.39, 0.29) is 18.7 Å². The maximum atomic E-state index is 12.8. The van der Waals surface area contributed by atoms with Gasteiger partial charge in [-0.1, -0.05) is 141 Å². The topological polar surface area (TPSA) is 265 Å². The molecule has 20 heteroatoms. The Hall–Kier alpha value is -2.76. The number of rotatable bonds is 42. The van der Waals surface area contributed by atoms with Gasteiger partial charge in [0.15, 0.2) is 12.3 Å². The van der Waals surface area contributed by atoms with E-state index in [2.05, 4.69) is 47.4 Å². The van der Waals surface area contributed by atoms with E-state index >= 15 is 0 Å². The molecule has 1 fully saturated rings. The summed E-state index contributed by atoms with van der Waals surface area (Å²) in [6, 6.07) is 1.25. The Bertz CT molecular complexity index is 1730. The summed E-state index contributed by atoms with van der Waals surface area (Å²) in [6.45, 7) is 2.13. The molecular formula is C48H85N3O15P2. The van der Waals surface area contributed by atoms with Gasteiger partial charge >= 0.3 is 33.3 Å². The maximum Gasteiger partial charge on any atom is 0.481 e. The van der Waals surface area contributed by atoms with Gasteiger partial charge in [0.1, 0.15) is 30.7 Å². The van der Waals surface area contributed by atoms with Crippen molar-refractivity contribution in [3.05, 3.63) is 47.1 Å². The van der Waals surface area contributed by atoms with Crippen molar-refractivity contribution in [2.45, 2.75) is 224 Å². The summed E-state index contributed by atoms with van der Waals surface area (Å²) in [6.07, 6.45) is 31.1. The van der Waals surface area contributed by atoms with E-state index in [4.69, 9.17) is 29.0 Å². The number of phosphoric ester groups is 2. The van der Waals surface area contributed by atoms with Crippen LogP contribution in [0.25, 0.3) is 0 Å². The van der Waals surface area contributed by atoms with Crippen LogP contribution < -0.4 is 11.4 Å². The third-order valence-corrected chi connectivity index (χ3v) is 14.1. The van der Waals surface area contributed by atoms with Crippen molar-refractivity contribution in [2.75, 3.05) is 25.6 Å². The molecule has 6 N–H and O–H groups in total. The van der Waals surface area contributed by atoms with Crippen LogP contribution in [0.4, 0.5) is 5.82 Å². The lowest BCUT2D eigenvalue weighted by Gasteiger charge is -2.21. The number of anilines is 1. The number of nitrogen functional groups attached to an aromatic ring is 1. The molecule has 1 aromatic rings. The molecule has 0 radical (unpaired) electrons. The van der Waals surface area contributed by atoms with Gasteiger partial charge in [-0.05, 0) is 70.3 Å². The SMILES string of the molecule is CCCCCCC=CCCCCCCCCCC(=O)OCC(COP(=O)(O)OP(=O)(O)OCC1OC(n2ccc(N)nc2=O)C(O)C1O)OC(=O)CCCCCCCCCC=CCCCCCC. The molecule has 0 aromatic carbocycles. The highest BCUT2D eigenvalue weighted by Crippen LogP contribution is 2.60. The summed E-state index contributed by atoms with van der Waals surface area (Å²) < 4.78 is 56.8. The minimum Gasteiger partial charge on any atom is -0.462 e. The summed E-state index contributed by atoms with van der Waals surface area (Å²) in [5.41, 5.74) is 4.59. The van der Waals surface area contributed by atoms with Crippen LogP contribution in [0.3, 0.4) is 0 Å². The molecule has 0 saturated carbocycles. The number of nitrogens with two attached hydrogens (primary N) is 1. The zero-order chi connectivity index (χ0) is 49.9. The van der Waals surface area contributed by atoms with Gasteiger partial charge in [-0.3, -0.25) is 23.2 Å². The van der Waals surface area contributed by atoms with E-state index in [9.17, 15) is 43.5 Å². The zero-order valence-corrected chi connectivity index (χ0v) is 42.7. The number of carbonyl (C=O) groups is 2. The van der Waals surface area contributed by atoms with Gasteiger partial charge in [-0.25, -0.2) is 13.9 Å². The monoisotopic (exact) mass is 1010 g/mol. The lowest BCUT2D eigenvalue weighted by Crippen LogP contribution is -2.36. The minimum atomic E-state index is -5.42. The van der Waals surface area contributed by atoms with E-state index in [1.165, 1.54) is 70.1 Å². The lowest BCUT2D eigenvalue weighted by atomic mass is 10.1. The average molecular weight is 1010 g/mol. The molecular weight excluding hydrogens is 920 g/mol. The number of carbonyl (C=O) groups excluding carboxylic acids is 2. The van der Waals surface area contributed by atoms with Crippen LogP contribution in [0, 0.1) is 0 Å². The fraction of sp³-hybridized carbons (Fsp3) is 0.792. The van der Waals surface area contributed by atoms with Crippen LogP contribution in [-0.2, 0) is 46.3 Å². The number of esters is 2. The van der Waals surface area contributed by atoms with Gasteiger partial charge in [0.25, 0.3) is 0 Å². The fourth-order valence-corrected chi connectivity index (χ4v) is 9.65. The predicted octanol–water partition coefficient (Wildman–Crippen LogP) is 10.2. The van der Waals surface area contributed by atoms with Crippen LogP contribution >= 0.6 is 15.6 Å². The number of nitrogens with zero attached hydrogens (tertiary/aromatic N) is 2. The Kier molecular flexibility index (Phi) is 33.5. The lowest BCUT2D eigenvalue weighted by molar-refractivity contribution is -0.161. The molecule has 68 heavy (non-hydrogen) atoms. The number of allylic oxidation sites excluding steroid dienone is 4. The molecule has 1 aromatic heterocycles. The number of hydrogen-bond acceptors (Lipinski definition) is 15. The van der Waals surface area contributed by atoms with Gasteiger partial charge < -0.3 is 39.9 Å². The molecule has 2 rings (SSSR count). The number of aliphatic hydroxyl groups excluding tert-OH is 2. The van der Waals surface area contributed by atoms with Gasteiger partial charge in [-0.15, -0.1) is 0 Å². The van der Waals surface area contributed by atoms with Crippen molar-refractivity contribution in [1.29, 1.82) is 0 Å². The van der Waals surface area contributed by atoms with E-state index in [1.807, 2.05) is 0 Å². The van der Waals surface area contributed by atoms with E-state index in [0.29, 0.717) is 12.8 Å². The number of ether oxygens (including phenoxy) is 3. The highest BCUT2D eigenvalue weighted by atomic mass is 31.3. The first-order valence-corrected chi connectivity index (χ1v) is 28.3. The predicted molar refractivity (Wildman–Crippen MR) is 261 cm³/mol. The van der Waals surface area contributed by atoms with Crippen LogP contribution in [-0.4, -0.2) is 85.7 Å². The molecule has 7 atom stereocenters. The van der Waals surface area contributed by atoms with E-state index < -0.39 is 83.7 Å². The first-order valence-electron chi connectivity index (χ1n) is 25.3. The highest BCUT2D eigenvalue weighted by Gasteiger charge is 2.46. The summed E-state index contributed by atoms with van der Waals surface area (Å²) in [5.74, 6) is -1.30. The van der Waals surface area contributed by atoms with Gasteiger partial charge in [-0.2, -0.15) is 9.29 Å². The number of unbranched alkanes of at least 4 members (excludes halogenated alkanes) is 22. The van der Waals surface area contributed by atoms with Crippen LogP contribution in [0.15, 0.2) is 41.4 Å². The summed E-state index contributed by atoms with van der Waals surface area (Å²) in [5, 5.41) is 20.9. The van der Waals surface area contributed by atoms with Gasteiger partial charge in [0, 0.05) is 19.0 Å². The zero-order valence-electron chi connectivity index (χ0n) is 40.9. The molecule has 392 valence electrons. The van der Waals surface area contributed by atoms with Crippen molar-refractivity contribution < 1.29 is 66.3 Å². The first kappa shape index (κ1) is 61.4. The first-order chi connectivity index (χ1) is 32.7. The van der Waals surface area contributed by atoms with E-state index in [0.717, 1.165) is 101 Å². The van der Waals surface area contributed by atoms with Crippen molar-refractivity contribution >= 4 is 33.4 Å². The molecule has 0 bridgehead atoms. The van der Waals surface area contributed by atoms with E-state index in [1.54, 1.807) is 0 Å². The molecule has 7 unspecified atom stereocenters. The van der Waals surface area contributed by atoms with Crippen LogP contribution in [0.1, 0.15) is 200 Å². The molecule has 1 aliphatic rings. The van der Waals surface area contributed by atoms with Crippen molar-refractivity contribution in [2.24, 2.45) is 0 Å². The van der Waals surface area contributed by atoms with Crippen molar-refractivity contribution in [1.82, 2.24) is 9.55 Å². The second-order valence-electron chi connectivity index (χ2n) is 17.7. The Labute approximate surface area is 405 Å². The second-order valence-corrected chi connectivity index (χ2v) is 20.7. The molecule has 18 nitrogen and oxygen atoms in total. The molecule has 1 aliphatic heterocycles. The number of aliphatic hydroxyl groups is 2.